The normalized spacial score (nSPS) is 17.5. The van der Waals surface area contributed by atoms with E-state index in [1.54, 1.807) is 0 Å². The number of aromatic nitrogens is 1. The van der Waals surface area contributed by atoms with Gasteiger partial charge in [0.05, 0.1) is 0 Å². The molecule has 0 spiro atoms. The fraction of sp³-hybridized carbons (Fsp3) is 0.429. The number of piperazine rings is 1. The molecule has 2 fully saturated rings. The summed E-state index contributed by atoms with van der Waals surface area (Å²) in [5, 5.41) is 32.6. The Morgan fingerprint density at radius 1 is 0.800 bits per heavy atom. The highest BCUT2D eigenvalue weighted by Gasteiger charge is 2.28. The fourth-order valence-corrected chi connectivity index (χ4v) is 5.07. The predicted molar refractivity (Wildman–Crippen MR) is 153 cm³/mol. The Bertz CT molecular complexity index is 1140. The third kappa shape index (κ3) is 12.6. The maximum absolute atomic E-state index is 9.55. The highest BCUT2D eigenvalue weighted by molar-refractivity contribution is 9.10. The maximum atomic E-state index is 9.55. The number of piperidine rings is 1. The molecule has 1 aromatic carbocycles. The van der Waals surface area contributed by atoms with Crippen LogP contribution in [0.1, 0.15) is 32.1 Å². The summed E-state index contributed by atoms with van der Waals surface area (Å²) in [6, 6.07) is 9.64. The van der Waals surface area contributed by atoms with Gasteiger partial charge >= 0.3 is 23.9 Å². The molecule has 3 heterocycles. The Balaban J connectivity index is 0.000000290. The van der Waals surface area contributed by atoms with E-state index < -0.39 is 23.9 Å². The molecule has 12 heteroatoms. The number of benzene rings is 1. The maximum Gasteiger partial charge on any atom is 0.328 e. The lowest BCUT2D eigenvalue weighted by Gasteiger charge is -2.44. The molecule has 4 N–H and O–H groups in total. The van der Waals surface area contributed by atoms with E-state index in [4.69, 9.17) is 20.4 Å². The van der Waals surface area contributed by atoms with E-state index >= 15 is 0 Å². The molecule has 1 aromatic heterocycles. The minimum atomic E-state index is -1.26. The second-order valence-corrected chi connectivity index (χ2v) is 10.3. The molecule has 2 saturated heterocycles. The van der Waals surface area contributed by atoms with Gasteiger partial charge in [-0.2, -0.15) is 0 Å². The second kappa shape index (κ2) is 17.3. The van der Waals surface area contributed by atoms with E-state index in [0.29, 0.717) is 24.3 Å². The van der Waals surface area contributed by atoms with Gasteiger partial charge in [-0.3, -0.25) is 4.90 Å². The van der Waals surface area contributed by atoms with Gasteiger partial charge in [-0.1, -0.05) is 22.4 Å². The summed E-state index contributed by atoms with van der Waals surface area (Å²) in [5.41, 5.74) is 1.36. The fourth-order valence-electron chi connectivity index (χ4n) is 4.69. The number of carbonyl (C=O) groups is 4. The topological polar surface area (TPSA) is 161 Å². The largest absolute Gasteiger partial charge is 0.478 e. The van der Waals surface area contributed by atoms with Crippen molar-refractivity contribution in [3.63, 3.8) is 0 Å². The lowest BCUT2D eigenvalue weighted by atomic mass is 9.99. The first-order valence-corrected chi connectivity index (χ1v) is 13.8. The highest BCUT2D eigenvalue weighted by Crippen LogP contribution is 2.22. The highest BCUT2D eigenvalue weighted by atomic mass is 79.9. The van der Waals surface area contributed by atoms with Crippen molar-refractivity contribution in [3.05, 3.63) is 59.2 Å². The van der Waals surface area contributed by atoms with Crippen LogP contribution in [0.15, 0.2) is 59.2 Å². The quantitative estimate of drug-likeness (QED) is 0.239. The molecule has 0 aliphatic carbocycles. The third-order valence-corrected chi connectivity index (χ3v) is 7.01. The van der Waals surface area contributed by atoms with E-state index in [2.05, 4.69) is 60.8 Å². The van der Waals surface area contributed by atoms with Gasteiger partial charge < -0.3 is 29.9 Å². The second-order valence-electron chi connectivity index (χ2n) is 9.43. The number of carboxylic acid groups (broad SMARTS) is 4. The average Bonchev–Trinajstić information content (AvgIpc) is 3.31. The van der Waals surface area contributed by atoms with Crippen molar-refractivity contribution in [1.29, 1.82) is 0 Å². The van der Waals surface area contributed by atoms with Crippen LogP contribution in [0.2, 0.25) is 0 Å². The molecule has 11 nitrogen and oxygen atoms in total. The Hall–Kier alpha value is -3.48. The number of aliphatic carboxylic acids is 4. The third-order valence-electron chi connectivity index (χ3n) is 6.51. The summed E-state index contributed by atoms with van der Waals surface area (Å²) >= 11 is 3.56. The molecule has 2 aliphatic heterocycles. The van der Waals surface area contributed by atoms with E-state index in [1.165, 1.54) is 75.7 Å². The average molecular weight is 623 g/mol. The molecule has 40 heavy (non-hydrogen) atoms. The number of unbranched alkanes of at least 4 members (excludes halogenated alkanes) is 1. The predicted octanol–water partition coefficient (Wildman–Crippen LogP) is 3.78. The standard InChI is InChI=1S/C20H28BrN3.2C4H4O4/c21-18-6-7-20-17(15-18)8-12-24(20)11-4-3-9-22-13-14-23-10-2-1-5-19(23)16-22;2*5-3(6)1-2-4(7)8/h6-8,12,15,19H,1-5,9-11,13-14,16H2;2*1-2H,(H,5,6)(H,7,8). The first-order valence-electron chi connectivity index (χ1n) is 13.0. The van der Waals surface area contributed by atoms with Gasteiger partial charge in [0.2, 0.25) is 0 Å². The summed E-state index contributed by atoms with van der Waals surface area (Å²) in [6.07, 6.45) is 11.3. The molecule has 0 bridgehead atoms. The number of rotatable bonds is 9. The van der Waals surface area contributed by atoms with Gasteiger partial charge in [-0.15, -0.1) is 0 Å². The summed E-state index contributed by atoms with van der Waals surface area (Å²) in [4.78, 5) is 43.6. The Labute approximate surface area is 241 Å². The molecular weight excluding hydrogens is 586 g/mol. The van der Waals surface area contributed by atoms with Crippen molar-refractivity contribution < 1.29 is 39.6 Å². The Morgan fingerprint density at radius 2 is 1.40 bits per heavy atom. The van der Waals surface area contributed by atoms with Crippen molar-refractivity contribution in [2.45, 2.75) is 44.7 Å². The molecule has 0 saturated carbocycles. The van der Waals surface area contributed by atoms with Crippen molar-refractivity contribution in [2.24, 2.45) is 0 Å². The van der Waals surface area contributed by atoms with Crippen molar-refractivity contribution in [1.82, 2.24) is 14.4 Å². The monoisotopic (exact) mass is 621 g/mol. The number of carboxylic acids is 4. The van der Waals surface area contributed by atoms with Crippen molar-refractivity contribution in [3.8, 4) is 0 Å². The molecule has 1 unspecified atom stereocenters. The lowest BCUT2D eigenvalue weighted by Crippen LogP contribution is -2.54. The van der Waals surface area contributed by atoms with Crippen LogP contribution in [-0.2, 0) is 25.7 Å². The van der Waals surface area contributed by atoms with Crippen LogP contribution in [-0.4, -0.2) is 97.4 Å². The Kier molecular flexibility index (Phi) is 14.1. The first kappa shape index (κ1) is 32.7. The number of nitrogens with zero attached hydrogens (tertiary/aromatic N) is 3. The minimum Gasteiger partial charge on any atom is -0.478 e. The summed E-state index contributed by atoms with van der Waals surface area (Å²) in [7, 11) is 0. The SMILES string of the molecule is Brc1ccc2c(ccn2CCCCN2CCN3CCCCC3C2)c1.O=C(O)C=CC(=O)O.O=C(O)C=CC(=O)O. The molecule has 218 valence electrons. The Morgan fingerprint density at radius 3 is 2.00 bits per heavy atom. The molecule has 2 aliphatic rings. The smallest absolute Gasteiger partial charge is 0.328 e. The number of fused-ring (bicyclic) bond motifs is 2. The van der Waals surface area contributed by atoms with Gasteiger partial charge in [0.25, 0.3) is 0 Å². The van der Waals surface area contributed by atoms with Crippen LogP contribution in [0.4, 0.5) is 0 Å². The minimum absolute atomic E-state index is 0.558. The van der Waals surface area contributed by atoms with Crippen LogP contribution in [0.5, 0.6) is 0 Å². The van der Waals surface area contributed by atoms with Gasteiger partial charge in [-0.05, 0) is 63.0 Å². The number of aryl methyl sites for hydroxylation is 1. The summed E-state index contributed by atoms with van der Waals surface area (Å²) in [5.74, 6) is -5.03. The molecule has 4 rings (SSSR count). The van der Waals surface area contributed by atoms with E-state index in [-0.39, 0.29) is 0 Å². The van der Waals surface area contributed by atoms with E-state index in [1.807, 2.05) is 0 Å². The first-order chi connectivity index (χ1) is 19.0. The number of hydrogen-bond donors (Lipinski definition) is 4. The lowest BCUT2D eigenvalue weighted by molar-refractivity contribution is -0.134. The van der Waals surface area contributed by atoms with Crippen LogP contribution in [0.3, 0.4) is 0 Å². The van der Waals surface area contributed by atoms with Gasteiger partial charge in [-0.25, -0.2) is 19.2 Å². The van der Waals surface area contributed by atoms with Crippen LogP contribution < -0.4 is 0 Å². The van der Waals surface area contributed by atoms with Crippen molar-refractivity contribution >= 4 is 50.7 Å². The van der Waals surface area contributed by atoms with Crippen LogP contribution in [0.25, 0.3) is 10.9 Å². The summed E-state index contributed by atoms with van der Waals surface area (Å²) in [6.45, 7) is 7.62. The number of halogens is 1. The van der Waals surface area contributed by atoms with E-state index in [0.717, 1.165) is 17.1 Å². The van der Waals surface area contributed by atoms with E-state index in [9.17, 15) is 19.2 Å². The van der Waals surface area contributed by atoms with Crippen LogP contribution in [0, 0.1) is 0 Å². The molecular formula is C28H36BrN3O8. The van der Waals surface area contributed by atoms with Gasteiger partial charge in [0.1, 0.15) is 0 Å². The van der Waals surface area contributed by atoms with Crippen molar-refractivity contribution in [2.75, 3.05) is 32.7 Å². The molecule has 0 radical (unpaired) electrons. The zero-order valence-electron chi connectivity index (χ0n) is 22.2. The molecule has 0 amide bonds. The zero-order chi connectivity index (χ0) is 29.5. The van der Waals surface area contributed by atoms with Gasteiger partial charge in [0.15, 0.2) is 0 Å². The van der Waals surface area contributed by atoms with Crippen LogP contribution >= 0.6 is 15.9 Å². The van der Waals surface area contributed by atoms with Gasteiger partial charge in [0, 0.05) is 78.1 Å². The zero-order valence-corrected chi connectivity index (χ0v) is 23.8. The number of hydrogen-bond acceptors (Lipinski definition) is 6. The molecule has 2 aromatic rings. The summed E-state index contributed by atoms with van der Waals surface area (Å²) < 4.78 is 3.57. The molecule has 1 atom stereocenters.